The van der Waals surface area contributed by atoms with Crippen LogP contribution in [0.4, 0.5) is 0 Å². The van der Waals surface area contributed by atoms with Crippen molar-refractivity contribution in [2.75, 3.05) is 6.54 Å². The van der Waals surface area contributed by atoms with E-state index in [1.165, 1.54) is 6.07 Å². The van der Waals surface area contributed by atoms with Crippen LogP contribution in [0.15, 0.2) is 30.6 Å². The van der Waals surface area contributed by atoms with Gasteiger partial charge in [0.05, 0.1) is 24.3 Å². The summed E-state index contributed by atoms with van der Waals surface area (Å²) in [6, 6.07) is 6.47. The van der Waals surface area contributed by atoms with Gasteiger partial charge in [0.25, 0.3) is 5.91 Å². The average molecular weight is 257 g/mol. The summed E-state index contributed by atoms with van der Waals surface area (Å²) in [5.74, 6) is 0.0619. The van der Waals surface area contributed by atoms with Crippen LogP contribution in [-0.2, 0) is 20.0 Å². The molecule has 1 aromatic heterocycles. The lowest BCUT2D eigenvalue weighted by atomic mass is 10.1. The smallest absolute Gasteiger partial charge is 0.254 e. The van der Waals surface area contributed by atoms with Gasteiger partial charge in [-0.15, -0.1) is 0 Å². The Morgan fingerprint density at radius 3 is 3.05 bits per heavy atom. The Bertz CT molecular complexity index is 633. The van der Waals surface area contributed by atoms with Crippen LogP contribution in [0.25, 0.3) is 0 Å². The molecule has 0 atom stereocenters. The summed E-state index contributed by atoms with van der Waals surface area (Å²) < 4.78 is 1.96. The molecule has 2 aromatic rings. The van der Waals surface area contributed by atoms with Crippen LogP contribution in [0, 0.1) is 0 Å². The summed E-state index contributed by atoms with van der Waals surface area (Å²) in [5, 5.41) is 9.44. The summed E-state index contributed by atoms with van der Waals surface area (Å²) in [5.41, 5.74) is 2.67. The van der Waals surface area contributed by atoms with Crippen molar-refractivity contribution < 1.29 is 9.90 Å². The van der Waals surface area contributed by atoms with E-state index in [4.69, 9.17) is 0 Å². The number of phenolic OH excluding ortho intramolecular Hbond substituents is 1. The molecule has 0 radical (unpaired) electrons. The van der Waals surface area contributed by atoms with Crippen LogP contribution in [0.3, 0.4) is 0 Å². The van der Waals surface area contributed by atoms with Gasteiger partial charge in [-0.25, -0.2) is 4.98 Å². The van der Waals surface area contributed by atoms with Gasteiger partial charge in [0.2, 0.25) is 0 Å². The lowest BCUT2D eigenvalue weighted by Crippen LogP contribution is -2.36. The minimum atomic E-state index is -0.0530. The van der Waals surface area contributed by atoms with Crippen LogP contribution in [0.5, 0.6) is 5.75 Å². The Kier molecular flexibility index (Phi) is 2.74. The molecule has 0 spiro atoms. The Morgan fingerprint density at radius 2 is 2.26 bits per heavy atom. The lowest BCUT2D eigenvalue weighted by Gasteiger charge is -2.27. The molecule has 1 amide bonds. The first kappa shape index (κ1) is 11.8. The SMILES string of the molecule is Cn1cnc2c1CN(C(=O)c1cccc(O)c1)CC2. The standard InChI is InChI=1S/C14H15N3O2/c1-16-9-15-12-5-6-17(8-13(12)16)14(19)10-3-2-4-11(18)7-10/h2-4,7,9,18H,5-6,8H2,1H3. The number of aromatic hydroxyl groups is 1. The minimum Gasteiger partial charge on any atom is -0.508 e. The van der Waals surface area contributed by atoms with Crippen molar-refractivity contribution in [2.45, 2.75) is 13.0 Å². The van der Waals surface area contributed by atoms with Crippen molar-refractivity contribution in [2.24, 2.45) is 7.05 Å². The van der Waals surface area contributed by atoms with Crippen molar-refractivity contribution in [3.63, 3.8) is 0 Å². The van der Waals surface area contributed by atoms with Gasteiger partial charge in [-0.05, 0) is 18.2 Å². The molecule has 2 heterocycles. The quantitative estimate of drug-likeness (QED) is 0.838. The van der Waals surface area contributed by atoms with Crippen LogP contribution >= 0.6 is 0 Å². The normalized spacial score (nSPS) is 14.3. The number of amides is 1. The molecule has 1 aromatic carbocycles. The molecule has 5 heteroatoms. The van der Waals surface area contributed by atoms with E-state index in [9.17, 15) is 9.90 Å². The highest BCUT2D eigenvalue weighted by Gasteiger charge is 2.24. The maximum atomic E-state index is 12.4. The highest BCUT2D eigenvalue weighted by molar-refractivity contribution is 5.94. The maximum absolute atomic E-state index is 12.4. The highest BCUT2D eigenvalue weighted by atomic mass is 16.3. The third-order valence-corrected chi connectivity index (χ3v) is 3.49. The Hall–Kier alpha value is -2.30. The zero-order valence-corrected chi connectivity index (χ0v) is 10.7. The molecule has 0 fully saturated rings. The van der Waals surface area contributed by atoms with E-state index in [1.807, 2.05) is 11.6 Å². The largest absolute Gasteiger partial charge is 0.508 e. The lowest BCUT2D eigenvalue weighted by molar-refractivity contribution is 0.0729. The first-order valence-corrected chi connectivity index (χ1v) is 6.22. The average Bonchev–Trinajstić information content (AvgIpc) is 2.79. The van der Waals surface area contributed by atoms with Gasteiger partial charge in [-0.1, -0.05) is 6.07 Å². The molecular weight excluding hydrogens is 242 g/mol. The fourth-order valence-electron chi connectivity index (χ4n) is 2.41. The van der Waals surface area contributed by atoms with E-state index in [0.717, 1.165) is 17.8 Å². The van der Waals surface area contributed by atoms with E-state index in [2.05, 4.69) is 4.98 Å². The second kappa shape index (κ2) is 4.42. The van der Waals surface area contributed by atoms with E-state index in [1.54, 1.807) is 29.4 Å². The topological polar surface area (TPSA) is 58.4 Å². The van der Waals surface area contributed by atoms with E-state index >= 15 is 0 Å². The highest BCUT2D eigenvalue weighted by Crippen LogP contribution is 2.20. The molecule has 0 saturated heterocycles. The van der Waals surface area contributed by atoms with Crippen LogP contribution in [-0.4, -0.2) is 32.0 Å². The molecule has 0 unspecified atom stereocenters. The summed E-state index contributed by atoms with van der Waals surface area (Å²) in [6.45, 7) is 1.23. The maximum Gasteiger partial charge on any atom is 0.254 e. The van der Waals surface area contributed by atoms with Gasteiger partial charge >= 0.3 is 0 Å². The number of fused-ring (bicyclic) bond motifs is 1. The number of nitrogens with zero attached hydrogens (tertiary/aromatic N) is 3. The molecule has 1 aliphatic heterocycles. The Labute approximate surface area is 111 Å². The molecular formula is C14H15N3O2. The van der Waals surface area contributed by atoms with Crippen molar-refractivity contribution in [1.82, 2.24) is 14.5 Å². The molecule has 19 heavy (non-hydrogen) atoms. The van der Waals surface area contributed by atoms with Gasteiger partial charge in [0.15, 0.2) is 0 Å². The summed E-state index contributed by atoms with van der Waals surface area (Å²) in [7, 11) is 1.94. The van der Waals surface area contributed by atoms with Crippen molar-refractivity contribution in [3.05, 3.63) is 47.5 Å². The third-order valence-electron chi connectivity index (χ3n) is 3.49. The first-order chi connectivity index (χ1) is 9.15. The molecule has 98 valence electrons. The number of imidazole rings is 1. The number of hydrogen-bond donors (Lipinski definition) is 1. The molecule has 0 bridgehead atoms. The van der Waals surface area contributed by atoms with E-state index in [0.29, 0.717) is 18.7 Å². The monoisotopic (exact) mass is 257 g/mol. The predicted molar refractivity (Wildman–Crippen MR) is 69.8 cm³/mol. The number of carbonyl (C=O) groups excluding carboxylic acids is 1. The number of phenols is 1. The number of rotatable bonds is 1. The first-order valence-electron chi connectivity index (χ1n) is 6.22. The van der Waals surface area contributed by atoms with Crippen LogP contribution in [0.2, 0.25) is 0 Å². The fourth-order valence-corrected chi connectivity index (χ4v) is 2.41. The van der Waals surface area contributed by atoms with Gasteiger partial charge in [-0.3, -0.25) is 4.79 Å². The second-order valence-electron chi connectivity index (χ2n) is 4.78. The molecule has 1 N–H and O–H groups in total. The van der Waals surface area contributed by atoms with Gasteiger partial charge < -0.3 is 14.6 Å². The van der Waals surface area contributed by atoms with Gasteiger partial charge in [0.1, 0.15) is 5.75 Å². The third kappa shape index (κ3) is 2.07. The number of benzene rings is 1. The summed E-state index contributed by atoms with van der Waals surface area (Å²) >= 11 is 0. The minimum absolute atomic E-state index is 0.0530. The Balaban J connectivity index is 1.85. The number of carbonyl (C=O) groups is 1. The number of aryl methyl sites for hydroxylation is 1. The molecule has 0 saturated carbocycles. The van der Waals surface area contributed by atoms with Gasteiger partial charge in [0, 0.05) is 25.6 Å². The van der Waals surface area contributed by atoms with Crippen molar-refractivity contribution >= 4 is 5.91 Å². The fraction of sp³-hybridized carbons (Fsp3) is 0.286. The molecule has 0 aliphatic carbocycles. The predicted octanol–water partition coefficient (Wildman–Crippen LogP) is 1.32. The second-order valence-corrected chi connectivity index (χ2v) is 4.78. The zero-order chi connectivity index (χ0) is 13.4. The number of hydrogen-bond acceptors (Lipinski definition) is 3. The van der Waals surface area contributed by atoms with Gasteiger partial charge in [-0.2, -0.15) is 0 Å². The van der Waals surface area contributed by atoms with Crippen LogP contribution in [0.1, 0.15) is 21.7 Å². The Morgan fingerprint density at radius 1 is 1.42 bits per heavy atom. The molecule has 3 rings (SSSR count). The van der Waals surface area contributed by atoms with Crippen molar-refractivity contribution in [3.8, 4) is 5.75 Å². The molecule has 1 aliphatic rings. The number of aromatic nitrogens is 2. The van der Waals surface area contributed by atoms with E-state index in [-0.39, 0.29) is 11.7 Å². The molecule has 5 nitrogen and oxygen atoms in total. The summed E-state index contributed by atoms with van der Waals surface area (Å²) in [4.78, 5) is 18.5. The van der Waals surface area contributed by atoms with Crippen molar-refractivity contribution in [1.29, 1.82) is 0 Å². The zero-order valence-electron chi connectivity index (χ0n) is 10.7. The van der Waals surface area contributed by atoms with E-state index < -0.39 is 0 Å². The summed E-state index contributed by atoms with van der Waals surface area (Å²) in [6.07, 6.45) is 2.56. The van der Waals surface area contributed by atoms with Crippen LogP contribution < -0.4 is 0 Å².